The van der Waals surface area contributed by atoms with E-state index in [1.54, 1.807) is 0 Å². The van der Waals surface area contributed by atoms with Crippen LogP contribution in [0.1, 0.15) is 49.7 Å². The molecule has 3 rings (SSSR count). The fourth-order valence-corrected chi connectivity index (χ4v) is 3.75. The molecule has 0 spiro atoms. The minimum absolute atomic E-state index is 0.0136. The maximum Gasteiger partial charge on any atom is 0.238 e. The number of carbonyl (C=O) groups excluding carboxylic acids is 2. The summed E-state index contributed by atoms with van der Waals surface area (Å²) in [6.45, 7) is 6.87. The highest BCUT2D eigenvalue weighted by Gasteiger charge is 2.31. The van der Waals surface area contributed by atoms with Gasteiger partial charge >= 0.3 is 0 Å². The predicted molar refractivity (Wildman–Crippen MR) is 104 cm³/mol. The van der Waals surface area contributed by atoms with Gasteiger partial charge in [-0.1, -0.05) is 18.2 Å². The van der Waals surface area contributed by atoms with Gasteiger partial charge < -0.3 is 10.2 Å². The van der Waals surface area contributed by atoms with E-state index in [0.29, 0.717) is 25.6 Å². The Morgan fingerprint density at radius 2 is 1.77 bits per heavy atom. The number of nitrogens with zero attached hydrogens (tertiary/aromatic N) is 2. The van der Waals surface area contributed by atoms with Crippen molar-refractivity contribution in [2.24, 2.45) is 0 Å². The highest BCUT2D eigenvalue weighted by atomic mass is 16.2. The zero-order valence-corrected chi connectivity index (χ0v) is 16.1. The topological polar surface area (TPSA) is 52.7 Å². The summed E-state index contributed by atoms with van der Waals surface area (Å²) in [4.78, 5) is 29.1. The first kappa shape index (κ1) is 18.9. The average Bonchev–Trinajstić information content (AvgIpc) is 3.47. The van der Waals surface area contributed by atoms with E-state index in [4.69, 9.17) is 0 Å². The largest absolute Gasteiger partial charge is 0.343 e. The number of hydrogen-bond acceptors (Lipinski definition) is 3. The Balaban J connectivity index is 1.51. The van der Waals surface area contributed by atoms with Gasteiger partial charge in [0.2, 0.25) is 11.8 Å². The molecule has 2 aliphatic rings. The number of anilines is 1. The first-order valence-corrected chi connectivity index (χ1v) is 9.92. The highest BCUT2D eigenvalue weighted by molar-refractivity contribution is 5.93. The second-order valence-corrected chi connectivity index (χ2v) is 7.71. The SMILES string of the molecule is Cc1cccc(C)c1NC(=O)CN(CCC(=O)N1CCCCC1)C1CC1. The van der Waals surface area contributed by atoms with Crippen LogP contribution in [0.4, 0.5) is 5.69 Å². The number of rotatable bonds is 7. The molecule has 142 valence electrons. The molecule has 1 aliphatic carbocycles. The highest BCUT2D eigenvalue weighted by Crippen LogP contribution is 2.27. The first-order valence-electron chi connectivity index (χ1n) is 9.92. The molecule has 1 saturated carbocycles. The molecule has 1 aromatic rings. The van der Waals surface area contributed by atoms with Crippen LogP contribution in [0.2, 0.25) is 0 Å². The maximum absolute atomic E-state index is 12.6. The third kappa shape index (κ3) is 5.07. The zero-order chi connectivity index (χ0) is 18.5. The van der Waals surface area contributed by atoms with Crippen LogP contribution in [0.3, 0.4) is 0 Å². The van der Waals surface area contributed by atoms with Gasteiger partial charge in [0, 0.05) is 37.8 Å². The molecule has 0 radical (unpaired) electrons. The van der Waals surface area contributed by atoms with Gasteiger partial charge in [-0.3, -0.25) is 14.5 Å². The Kier molecular flexibility index (Phi) is 6.30. The molecule has 0 aromatic heterocycles. The monoisotopic (exact) mass is 357 g/mol. The lowest BCUT2D eigenvalue weighted by molar-refractivity contribution is -0.132. The van der Waals surface area contributed by atoms with Crippen molar-refractivity contribution in [2.75, 3.05) is 31.5 Å². The lowest BCUT2D eigenvalue weighted by Crippen LogP contribution is -2.40. The van der Waals surface area contributed by atoms with Crippen molar-refractivity contribution in [1.82, 2.24) is 9.80 Å². The normalized spacial score (nSPS) is 17.4. The van der Waals surface area contributed by atoms with Crippen LogP contribution in [0, 0.1) is 13.8 Å². The summed E-state index contributed by atoms with van der Waals surface area (Å²) in [6, 6.07) is 6.49. The third-order valence-electron chi connectivity index (χ3n) is 5.48. The lowest BCUT2D eigenvalue weighted by atomic mass is 10.1. The Labute approximate surface area is 156 Å². The number of hydrogen-bond donors (Lipinski definition) is 1. The van der Waals surface area contributed by atoms with Gasteiger partial charge in [0.25, 0.3) is 0 Å². The van der Waals surface area contributed by atoms with Crippen molar-refractivity contribution in [3.63, 3.8) is 0 Å². The van der Waals surface area contributed by atoms with Crippen molar-refractivity contribution in [3.05, 3.63) is 29.3 Å². The first-order chi connectivity index (χ1) is 12.5. The van der Waals surface area contributed by atoms with Gasteiger partial charge in [0.15, 0.2) is 0 Å². The van der Waals surface area contributed by atoms with E-state index in [9.17, 15) is 9.59 Å². The molecule has 2 fully saturated rings. The van der Waals surface area contributed by atoms with Crippen LogP contribution in [0.15, 0.2) is 18.2 Å². The minimum Gasteiger partial charge on any atom is -0.343 e. The smallest absolute Gasteiger partial charge is 0.238 e. The van der Waals surface area contributed by atoms with Gasteiger partial charge in [-0.05, 0) is 57.1 Å². The quantitative estimate of drug-likeness (QED) is 0.816. The Morgan fingerprint density at radius 1 is 1.12 bits per heavy atom. The number of carbonyl (C=O) groups is 2. The van der Waals surface area contributed by atoms with Crippen LogP contribution >= 0.6 is 0 Å². The van der Waals surface area contributed by atoms with E-state index in [-0.39, 0.29) is 11.8 Å². The van der Waals surface area contributed by atoms with E-state index >= 15 is 0 Å². The van der Waals surface area contributed by atoms with Gasteiger partial charge in [0.05, 0.1) is 6.54 Å². The summed E-state index contributed by atoms with van der Waals surface area (Å²) in [5.74, 6) is 0.255. The van der Waals surface area contributed by atoms with Crippen molar-refractivity contribution in [1.29, 1.82) is 0 Å². The van der Waals surface area contributed by atoms with Crippen molar-refractivity contribution < 1.29 is 9.59 Å². The van der Waals surface area contributed by atoms with Crippen molar-refractivity contribution >= 4 is 17.5 Å². The summed E-state index contributed by atoms with van der Waals surface area (Å²) < 4.78 is 0. The molecule has 1 aromatic carbocycles. The summed E-state index contributed by atoms with van der Waals surface area (Å²) >= 11 is 0. The van der Waals surface area contributed by atoms with Crippen LogP contribution in [-0.2, 0) is 9.59 Å². The minimum atomic E-state index is 0.0136. The average molecular weight is 357 g/mol. The maximum atomic E-state index is 12.6. The van der Waals surface area contributed by atoms with Gasteiger partial charge in [-0.2, -0.15) is 0 Å². The lowest BCUT2D eigenvalue weighted by Gasteiger charge is -2.28. The summed E-state index contributed by atoms with van der Waals surface area (Å²) in [6.07, 6.45) is 6.26. The third-order valence-corrected chi connectivity index (χ3v) is 5.48. The molecule has 1 saturated heterocycles. The molecule has 26 heavy (non-hydrogen) atoms. The number of piperidine rings is 1. The molecule has 1 aliphatic heterocycles. The molecular formula is C21H31N3O2. The van der Waals surface area contributed by atoms with E-state index in [1.807, 2.05) is 36.9 Å². The summed E-state index contributed by atoms with van der Waals surface area (Å²) in [7, 11) is 0. The van der Waals surface area contributed by atoms with E-state index in [1.165, 1.54) is 6.42 Å². The predicted octanol–water partition coefficient (Wildman–Crippen LogP) is 3.11. The Morgan fingerprint density at radius 3 is 2.38 bits per heavy atom. The molecule has 1 heterocycles. The van der Waals surface area contributed by atoms with E-state index < -0.39 is 0 Å². The molecule has 0 bridgehead atoms. The standard InChI is InChI=1S/C21H31N3O2/c1-16-7-6-8-17(2)21(16)22-19(25)15-24(18-9-10-18)14-11-20(26)23-12-4-3-5-13-23/h6-8,18H,3-5,9-15H2,1-2H3,(H,22,25). The Hall–Kier alpha value is -1.88. The van der Waals surface area contributed by atoms with Crippen LogP contribution in [-0.4, -0.2) is 53.8 Å². The molecular weight excluding hydrogens is 326 g/mol. The summed E-state index contributed by atoms with van der Waals surface area (Å²) in [5, 5.41) is 3.07. The molecule has 1 N–H and O–H groups in total. The number of nitrogens with one attached hydrogen (secondary N) is 1. The number of likely N-dealkylation sites (tertiary alicyclic amines) is 1. The number of benzene rings is 1. The summed E-state index contributed by atoms with van der Waals surface area (Å²) in [5.41, 5.74) is 3.07. The van der Waals surface area contributed by atoms with Gasteiger partial charge in [-0.25, -0.2) is 0 Å². The van der Waals surface area contributed by atoms with Gasteiger partial charge in [0.1, 0.15) is 0 Å². The van der Waals surface area contributed by atoms with Crippen LogP contribution in [0.5, 0.6) is 0 Å². The second kappa shape index (κ2) is 8.67. The Bertz CT molecular complexity index is 628. The molecule has 5 heteroatoms. The molecule has 0 atom stereocenters. The molecule has 2 amide bonds. The second-order valence-electron chi connectivity index (χ2n) is 7.71. The van der Waals surface area contributed by atoms with E-state index in [2.05, 4.69) is 10.2 Å². The number of amides is 2. The van der Waals surface area contributed by atoms with Crippen LogP contribution < -0.4 is 5.32 Å². The molecule has 0 unspecified atom stereocenters. The number of aryl methyl sites for hydroxylation is 2. The van der Waals surface area contributed by atoms with Crippen molar-refractivity contribution in [3.8, 4) is 0 Å². The molecule has 5 nitrogen and oxygen atoms in total. The fourth-order valence-electron chi connectivity index (χ4n) is 3.75. The van der Waals surface area contributed by atoms with Crippen LogP contribution in [0.25, 0.3) is 0 Å². The fraction of sp³-hybridized carbons (Fsp3) is 0.619. The zero-order valence-electron chi connectivity index (χ0n) is 16.1. The van der Waals surface area contributed by atoms with Crippen molar-refractivity contribution in [2.45, 2.75) is 58.4 Å². The van der Waals surface area contributed by atoms with E-state index in [0.717, 1.165) is 55.6 Å². The number of para-hydroxylation sites is 1. The van der Waals surface area contributed by atoms with Gasteiger partial charge in [-0.15, -0.1) is 0 Å².